The molecule has 148 valence electrons. The highest BCUT2D eigenvalue weighted by Crippen LogP contribution is 2.11. The molecule has 2 unspecified atom stereocenters. The zero-order chi connectivity index (χ0) is 18.9. The van der Waals surface area contributed by atoms with Gasteiger partial charge < -0.3 is 15.1 Å². The number of hydrogen-bond donors (Lipinski definition) is 1. The molecule has 0 aliphatic carbocycles. The summed E-state index contributed by atoms with van der Waals surface area (Å²) in [4.78, 5) is 6.08. The van der Waals surface area contributed by atoms with Crippen molar-refractivity contribution in [3.63, 3.8) is 0 Å². The van der Waals surface area contributed by atoms with Crippen LogP contribution >= 0.6 is 0 Å². The second-order valence-electron chi connectivity index (χ2n) is 8.17. The van der Waals surface area contributed by atoms with Crippen LogP contribution in [0.25, 0.3) is 0 Å². The molecule has 1 aromatic rings. The highest BCUT2D eigenvalue weighted by Gasteiger charge is 2.20. The van der Waals surface area contributed by atoms with Gasteiger partial charge in [-0.3, -0.25) is 4.21 Å². The molecule has 1 N–H and O–H groups in total. The Kier molecular flexibility index (Phi) is 9.26. The molecule has 1 aromatic carbocycles. The molecule has 1 saturated heterocycles. The highest BCUT2D eigenvalue weighted by atomic mass is 32.2. The molecule has 26 heavy (non-hydrogen) atoms. The van der Waals surface area contributed by atoms with Crippen LogP contribution in [0.4, 0.5) is 0 Å². The number of nitrogens with one attached hydrogen (secondary N) is 1. The quantitative estimate of drug-likeness (QED) is 0.678. The lowest BCUT2D eigenvalue weighted by Crippen LogP contribution is -2.49. The van der Waals surface area contributed by atoms with Crippen LogP contribution in [-0.4, -0.2) is 71.1 Å². The predicted octanol–water partition coefficient (Wildman–Crippen LogP) is 2.82. The van der Waals surface area contributed by atoms with Gasteiger partial charge in [0.1, 0.15) is 0 Å². The van der Waals surface area contributed by atoms with E-state index in [1.54, 1.807) is 0 Å². The SMILES string of the molecule is CC(C)CN1CCN(CCC(CS(=O)c2ccccc2)NC(C)C)CC1. The van der Waals surface area contributed by atoms with E-state index in [1.807, 2.05) is 30.3 Å². The molecule has 2 rings (SSSR count). The molecule has 1 heterocycles. The van der Waals surface area contributed by atoms with Crippen LogP contribution in [0.15, 0.2) is 35.2 Å². The monoisotopic (exact) mass is 379 g/mol. The molecule has 0 amide bonds. The Labute approximate surface area is 162 Å². The van der Waals surface area contributed by atoms with Gasteiger partial charge in [0, 0.05) is 55.5 Å². The molecule has 2 atom stereocenters. The molecule has 0 bridgehead atoms. The van der Waals surface area contributed by atoms with Gasteiger partial charge >= 0.3 is 0 Å². The molecule has 0 radical (unpaired) electrons. The Morgan fingerprint density at radius 3 is 2.19 bits per heavy atom. The first-order valence-corrected chi connectivity index (χ1v) is 11.4. The van der Waals surface area contributed by atoms with Crippen molar-refractivity contribution in [1.82, 2.24) is 15.1 Å². The van der Waals surface area contributed by atoms with Gasteiger partial charge in [0.05, 0.1) is 10.8 Å². The van der Waals surface area contributed by atoms with Gasteiger partial charge in [-0.1, -0.05) is 45.9 Å². The normalized spacial score (nSPS) is 19.2. The smallest absolute Gasteiger partial charge is 0.0545 e. The van der Waals surface area contributed by atoms with Crippen molar-refractivity contribution in [3.05, 3.63) is 30.3 Å². The Balaban J connectivity index is 1.80. The largest absolute Gasteiger partial charge is 0.311 e. The topological polar surface area (TPSA) is 35.6 Å². The van der Waals surface area contributed by atoms with E-state index in [0.717, 1.165) is 36.9 Å². The van der Waals surface area contributed by atoms with Crippen LogP contribution in [0, 0.1) is 5.92 Å². The van der Waals surface area contributed by atoms with Crippen LogP contribution in [0.5, 0.6) is 0 Å². The average molecular weight is 380 g/mol. The summed E-state index contributed by atoms with van der Waals surface area (Å²) in [5.41, 5.74) is 0. The minimum absolute atomic E-state index is 0.296. The lowest BCUT2D eigenvalue weighted by molar-refractivity contribution is 0.119. The van der Waals surface area contributed by atoms with E-state index in [0.29, 0.717) is 17.8 Å². The molecular weight excluding hydrogens is 342 g/mol. The van der Waals surface area contributed by atoms with Crippen molar-refractivity contribution >= 4 is 10.8 Å². The standard InChI is InChI=1S/C21H37N3OS/c1-18(2)16-24-14-12-23(13-15-24)11-10-20(22-19(3)4)17-26(25)21-8-6-5-7-9-21/h5-9,18-20,22H,10-17H2,1-4H3. The first-order valence-electron chi connectivity index (χ1n) is 10.1. The third-order valence-electron chi connectivity index (χ3n) is 4.81. The molecule has 5 heteroatoms. The third kappa shape index (κ3) is 7.87. The highest BCUT2D eigenvalue weighted by molar-refractivity contribution is 7.85. The van der Waals surface area contributed by atoms with Gasteiger partial charge in [0.15, 0.2) is 0 Å². The summed E-state index contributed by atoms with van der Waals surface area (Å²) in [6.07, 6.45) is 1.06. The summed E-state index contributed by atoms with van der Waals surface area (Å²) in [6.45, 7) is 15.9. The summed E-state index contributed by atoms with van der Waals surface area (Å²) in [5, 5.41) is 3.62. The van der Waals surface area contributed by atoms with E-state index in [1.165, 1.54) is 19.6 Å². The van der Waals surface area contributed by atoms with Crippen molar-refractivity contribution in [2.45, 2.75) is 51.1 Å². The van der Waals surface area contributed by atoms with E-state index < -0.39 is 10.8 Å². The zero-order valence-electron chi connectivity index (χ0n) is 17.0. The molecular formula is C21H37N3OS. The molecule has 1 aliphatic heterocycles. The van der Waals surface area contributed by atoms with E-state index in [4.69, 9.17) is 0 Å². The lowest BCUT2D eigenvalue weighted by atomic mass is 10.1. The Hall–Kier alpha value is -0.750. The summed E-state index contributed by atoms with van der Waals surface area (Å²) >= 11 is 0. The van der Waals surface area contributed by atoms with E-state index in [2.05, 4.69) is 42.8 Å². The summed E-state index contributed by atoms with van der Waals surface area (Å²) < 4.78 is 12.7. The van der Waals surface area contributed by atoms with Crippen LogP contribution in [0.3, 0.4) is 0 Å². The van der Waals surface area contributed by atoms with Gasteiger partial charge in [-0.05, 0) is 31.0 Å². The molecule has 1 aliphatic rings. The first kappa shape index (κ1) is 21.5. The number of piperazine rings is 1. The predicted molar refractivity (Wildman–Crippen MR) is 112 cm³/mol. The molecule has 4 nitrogen and oxygen atoms in total. The third-order valence-corrected chi connectivity index (χ3v) is 6.31. The number of rotatable bonds is 10. The van der Waals surface area contributed by atoms with Gasteiger partial charge in [-0.2, -0.15) is 0 Å². The molecule has 1 fully saturated rings. The minimum atomic E-state index is -0.938. The molecule has 0 saturated carbocycles. The van der Waals surface area contributed by atoms with Crippen LogP contribution < -0.4 is 5.32 Å². The second-order valence-corrected chi connectivity index (χ2v) is 9.66. The fourth-order valence-corrected chi connectivity index (χ4v) is 4.87. The summed E-state index contributed by atoms with van der Waals surface area (Å²) in [6, 6.07) is 10.6. The van der Waals surface area contributed by atoms with E-state index in [9.17, 15) is 4.21 Å². The molecule has 0 aromatic heterocycles. The van der Waals surface area contributed by atoms with Gasteiger partial charge in [-0.25, -0.2) is 0 Å². The average Bonchev–Trinajstić information content (AvgIpc) is 2.60. The Morgan fingerprint density at radius 2 is 1.62 bits per heavy atom. The van der Waals surface area contributed by atoms with Gasteiger partial charge in [0.2, 0.25) is 0 Å². The number of hydrogen-bond acceptors (Lipinski definition) is 4. The Morgan fingerprint density at radius 1 is 1.00 bits per heavy atom. The van der Waals surface area contributed by atoms with E-state index >= 15 is 0 Å². The van der Waals surface area contributed by atoms with Crippen molar-refractivity contribution in [2.24, 2.45) is 5.92 Å². The van der Waals surface area contributed by atoms with Crippen molar-refractivity contribution in [3.8, 4) is 0 Å². The fourth-order valence-electron chi connectivity index (χ4n) is 3.59. The van der Waals surface area contributed by atoms with Gasteiger partial charge in [0.25, 0.3) is 0 Å². The number of nitrogens with zero attached hydrogens (tertiary/aromatic N) is 2. The van der Waals surface area contributed by atoms with Crippen molar-refractivity contribution in [1.29, 1.82) is 0 Å². The maximum atomic E-state index is 12.7. The van der Waals surface area contributed by atoms with E-state index in [-0.39, 0.29) is 0 Å². The maximum absolute atomic E-state index is 12.7. The van der Waals surface area contributed by atoms with Crippen LogP contribution in [0.1, 0.15) is 34.1 Å². The maximum Gasteiger partial charge on any atom is 0.0545 e. The lowest BCUT2D eigenvalue weighted by Gasteiger charge is -2.36. The second kappa shape index (κ2) is 11.2. The van der Waals surface area contributed by atoms with Gasteiger partial charge in [-0.15, -0.1) is 0 Å². The number of benzene rings is 1. The van der Waals surface area contributed by atoms with Crippen molar-refractivity contribution in [2.75, 3.05) is 45.0 Å². The summed E-state index contributed by atoms with van der Waals surface area (Å²) in [5.74, 6) is 1.43. The van der Waals surface area contributed by atoms with Crippen LogP contribution in [0.2, 0.25) is 0 Å². The fraction of sp³-hybridized carbons (Fsp3) is 0.714. The summed E-state index contributed by atoms with van der Waals surface area (Å²) in [7, 11) is -0.938. The Bertz CT molecular complexity index is 527. The minimum Gasteiger partial charge on any atom is -0.311 e. The van der Waals surface area contributed by atoms with Crippen LogP contribution in [-0.2, 0) is 10.8 Å². The zero-order valence-corrected chi connectivity index (χ0v) is 17.8. The first-order chi connectivity index (χ1) is 12.4. The molecule has 0 spiro atoms. The van der Waals surface area contributed by atoms with Crippen molar-refractivity contribution < 1.29 is 4.21 Å².